The number of methoxy groups -OCH3 is 1. The zero-order valence-electron chi connectivity index (χ0n) is 7.83. The number of anilines is 1. The molecule has 4 nitrogen and oxygen atoms in total. The predicted octanol–water partition coefficient (Wildman–Crippen LogP) is 0.928. The summed E-state index contributed by atoms with van der Waals surface area (Å²) < 4.78 is 5.03. The SMILES string of the molecule is CONCc1ccc(OC)c(N)c1. The van der Waals surface area contributed by atoms with Gasteiger partial charge in [0.25, 0.3) is 0 Å². The van der Waals surface area contributed by atoms with Crippen LogP contribution in [0.2, 0.25) is 0 Å². The van der Waals surface area contributed by atoms with Gasteiger partial charge in [-0.25, -0.2) is 0 Å². The van der Waals surface area contributed by atoms with Gasteiger partial charge in [-0.2, -0.15) is 5.48 Å². The average molecular weight is 182 g/mol. The van der Waals surface area contributed by atoms with Crippen LogP contribution >= 0.6 is 0 Å². The Morgan fingerprint density at radius 3 is 2.69 bits per heavy atom. The van der Waals surface area contributed by atoms with Crippen molar-refractivity contribution < 1.29 is 9.57 Å². The second kappa shape index (κ2) is 4.69. The fourth-order valence-corrected chi connectivity index (χ4v) is 1.05. The molecule has 1 aromatic rings. The molecule has 4 heteroatoms. The molecule has 13 heavy (non-hydrogen) atoms. The van der Waals surface area contributed by atoms with E-state index in [0.29, 0.717) is 18.0 Å². The van der Waals surface area contributed by atoms with Crippen LogP contribution in [-0.4, -0.2) is 14.2 Å². The van der Waals surface area contributed by atoms with E-state index in [9.17, 15) is 0 Å². The van der Waals surface area contributed by atoms with Crippen LogP contribution in [0.1, 0.15) is 5.56 Å². The van der Waals surface area contributed by atoms with Crippen molar-refractivity contribution in [3.05, 3.63) is 23.8 Å². The molecule has 0 aliphatic carbocycles. The number of ether oxygens (including phenoxy) is 1. The van der Waals surface area contributed by atoms with Crippen LogP contribution in [0.5, 0.6) is 5.75 Å². The Hall–Kier alpha value is -1.26. The number of nitrogen functional groups attached to an aromatic ring is 1. The van der Waals surface area contributed by atoms with Crippen molar-refractivity contribution in [2.45, 2.75) is 6.54 Å². The maximum Gasteiger partial charge on any atom is 0.141 e. The highest BCUT2D eigenvalue weighted by Crippen LogP contribution is 2.21. The van der Waals surface area contributed by atoms with Gasteiger partial charge in [0.05, 0.1) is 19.9 Å². The van der Waals surface area contributed by atoms with E-state index in [4.69, 9.17) is 15.3 Å². The Kier molecular flexibility index (Phi) is 3.54. The monoisotopic (exact) mass is 182 g/mol. The summed E-state index contributed by atoms with van der Waals surface area (Å²) in [6.07, 6.45) is 0. The minimum Gasteiger partial charge on any atom is -0.495 e. The van der Waals surface area contributed by atoms with E-state index in [-0.39, 0.29) is 0 Å². The second-order valence-corrected chi connectivity index (χ2v) is 2.60. The lowest BCUT2D eigenvalue weighted by Gasteiger charge is -2.06. The van der Waals surface area contributed by atoms with Crippen LogP contribution in [0.15, 0.2) is 18.2 Å². The zero-order valence-corrected chi connectivity index (χ0v) is 7.83. The third kappa shape index (κ3) is 2.61. The van der Waals surface area contributed by atoms with Gasteiger partial charge in [0, 0.05) is 6.54 Å². The summed E-state index contributed by atoms with van der Waals surface area (Å²) in [5.74, 6) is 0.696. The predicted molar refractivity (Wildman–Crippen MR) is 51.3 cm³/mol. The second-order valence-electron chi connectivity index (χ2n) is 2.60. The molecule has 0 radical (unpaired) electrons. The highest BCUT2D eigenvalue weighted by atomic mass is 16.6. The van der Waals surface area contributed by atoms with Crippen molar-refractivity contribution in [1.82, 2.24) is 5.48 Å². The molecule has 0 heterocycles. The maximum atomic E-state index is 5.71. The Morgan fingerprint density at radius 2 is 2.15 bits per heavy atom. The first-order valence-corrected chi connectivity index (χ1v) is 3.96. The molecule has 0 aliphatic rings. The molecule has 3 N–H and O–H groups in total. The Bertz CT molecular complexity index is 276. The zero-order chi connectivity index (χ0) is 9.68. The summed E-state index contributed by atoms with van der Waals surface area (Å²) in [5.41, 5.74) is 10.1. The van der Waals surface area contributed by atoms with Crippen molar-refractivity contribution in [2.24, 2.45) is 0 Å². The van der Waals surface area contributed by atoms with Crippen LogP contribution in [0.25, 0.3) is 0 Å². The highest BCUT2D eigenvalue weighted by Gasteiger charge is 1.99. The first kappa shape index (κ1) is 9.83. The van der Waals surface area contributed by atoms with Crippen molar-refractivity contribution in [1.29, 1.82) is 0 Å². The van der Waals surface area contributed by atoms with Crippen molar-refractivity contribution in [2.75, 3.05) is 20.0 Å². The van der Waals surface area contributed by atoms with Crippen LogP contribution in [-0.2, 0) is 11.4 Å². The molecule has 72 valence electrons. The van der Waals surface area contributed by atoms with E-state index in [2.05, 4.69) is 5.48 Å². The van der Waals surface area contributed by atoms with Crippen molar-refractivity contribution in [3.8, 4) is 5.75 Å². The Labute approximate surface area is 77.6 Å². The summed E-state index contributed by atoms with van der Waals surface area (Å²) in [4.78, 5) is 4.72. The van der Waals surface area contributed by atoms with E-state index in [1.807, 2.05) is 18.2 Å². The molecule has 0 aliphatic heterocycles. The first-order valence-electron chi connectivity index (χ1n) is 3.96. The number of nitrogens with two attached hydrogens (primary N) is 1. The number of nitrogens with one attached hydrogen (secondary N) is 1. The fourth-order valence-electron chi connectivity index (χ4n) is 1.05. The van der Waals surface area contributed by atoms with Crippen LogP contribution in [0.3, 0.4) is 0 Å². The van der Waals surface area contributed by atoms with Crippen LogP contribution in [0, 0.1) is 0 Å². The molecule has 0 bridgehead atoms. The molecule has 0 atom stereocenters. The molecule has 0 spiro atoms. The molecule has 0 fully saturated rings. The molecule has 1 rings (SSSR count). The number of rotatable bonds is 4. The molecule has 0 saturated carbocycles. The summed E-state index contributed by atoms with van der Waals surface area (Å²) >= 11 is 0. The molecular weight excluding hydrogens is 168 g/mol. The normalized spacial score (nSPS) is 10.0. The highest BCUT2D eigenvalue weighted by molar-refractivity contribution is 5.54. The summed E-state index contributed by atoms with van der Waals surface area (Å²) in [5, 5.41) is 0. The molecule has 0 saturated heterocycles. The van der Waals surface area contributed by atoms with Gasteiger partial charge in [-0.15, -0.1) is 0 Å². The number of hydrogen-bond donors (Lipinski definition) is 2. The van der Waals surface area contributed by atoms with Crippen LogP contribution < -0.4 is 16.0 Å². The van der Waals surface area contributed by atoms with Gasteiger partial charge >= 0.3 is 0 Å². The summed E-state index contributed by atoms with van der Waals surface area (Å²) in [7, 11) is 3.17. The van der Waals surface area contributed by atoms with Crippen molar-refractivity contribution in [3.63, 3.8) is 0 Å². The Balaban J connectivity index is 2.71. The average Bonchev–Trinajstić information content (AvgIpc) is 2.15. The smallest absolute Gasteiger partial charge is 0.141 e. The molecule has 0 unspecified atom stereocenters. The minimum atomic E-state index is 0.630. The third-order valence-corrected chi connectivity index (χ3v) is 1.71. The summed E-state index contributed by atoms with van der Waals surface area (Å²) in [6, 6.07) is 5.62. The molecule has 0 amide bonds. The molecular formula is C9H14N2O2. The number of hydrogen-bond acceptors (Lipinski definition) is 4. The molecule has 1 aromatic carbocycles. The Morgan fingerprint density at radius 1 is 1.38 bits per heavy atom. The van der Waals surface area contributed by atoms with Crippen molar-refractivity contribution >= 4 is 5.69 Å². The van der Waals surface area contributed by atoms with Gasteiger partial charge in [0.15, 0.2) is 0 Å². The lowest BCUT2D eigenvalue weighted by molar-refractivity contribution is 0.0867. The summed E-state index contributed by atoms with van der Waals surface area (Å²) in [6.45, 7) is 0.630. The van der Waals surface area contributed by atoms with Gasteiger partial charge in [0.1, 0.15) is 5.75 Å². The van der Waals surface area contributed by atoms with Gasteiger partial charge in [-0.3, -0.25) is 0 Å². The lowest BCUT2D eigenvalue weighted by Crippen LogP contribution is -2.10. The topological polar surface area (TPSA) is 56.5 Å². The van der Waals surface area contributed by atoms with Gasteiger partial charge in [-0.1, -0.05) is 6.07 Å². The maximum absolute atomic E-state index is 5.71. The van der Waals surface area contributed by atoms with Gasteiger partial charge in [-0.05, 0) is 17.7 Å². The van der Waals surface area contributed by atoms with Gasteiger partial charge < -0.3 is 15.3 Å². The minimum absolute atomic E-state index is 0.630. The van der Waals surface area contributed by atoms with Crippen LogP contribution in [0.4, 0.5) is 5.69 Å². The van der Waals surface area contributed by atoms with E-state index in [0.717, 1.165) is 5.56 Å². The standard InChI is InChI=1S/C9H14N2O2/c1-12-9-4-3-7(5-8(9)10)6-11-13-2/h3-5,11H,6,10H2,1-2H3. The lowest BCUT2D eigenvalue weighted by atomic mass is 10.2. The number of benzene rings is 1. The quantitative estimate of drug-likeness (QED) is 0.537. The molecule has 0 aromatic heterocycles. The number of hydroxylamine groups is 1. The van der Waals surface area contributed by atoms with Gasteiger partial charge in [0.2, 0.25) is 0 Å². The first-order chi connectivity index (χ1) is 6.27. The van der Waals surface area contributed by atoms with E-state index in [1.54, 1.807) is 14.2 Å². The van der Waals surface area contributed by atoms with E-state index < -0.39 is 0 Å². The van der Waals surface area contributed by atoms with E-state index >= 15 is 0 Å². The fraction of sp³-hybridized carbons (Fsp3) is 0.333. The van der Waals surface area contributed by atoms with E-state index in [1.165, 1.54) is 0 Å². The largest absolute Gasteiger partial charge is 0.495 e. The third-order valence-electron chi connectivity index (χ3n) is 1.71.